The van der Waals surface area contributed by atoms with Crippen molar-refractivity contribution in [3.63, 3.8) is 0 Å². The van der Waals surface area contributed by atoms with E-state index in [-0.39, 0.29) is 0 Å². The summed E-state index contributed by atoms with van der Waals surface area (Å²) in [5.74, 6) is 0. The fourth-order valence-corrected chi connectivity index (χ4v) is 1.42. The number of nitrogens with zero attached hydrogens (tertiary/aromatic N) is 2. The van der Waals surface area contributed by atoms with Gasteiger partial charge in [0.2, 0.25) is 0 Å². The minimum Gasteiger partial charge on any atom is -0.246 e. The van der Waals surface area contributed by atoms with Crippen LogP contribution in [0, 0.1) is 18.3 Å². The smallest absolute Gasteiger partial charge is 0.141 e. The Labute approximate surface area is 88.8 Å². The van der Waals surface area contributed by atoms with Gasteiger partial charge in [-0.15, -0.1) is 0 Å². The second-order valence-electron chi connectivity index (χ2n) is 3.41. The highest BCUT2D eigenvalue weighted by Crippen LogP contribution is 2.19. The first-order chi connectivity index (χ1) is 7.29. The number of pyridine rings is 1. The normalized spacial score (nSPS) is 9.60. The van der Waals surface area contributed by atoms with Crippen LogP contribution in [0.25, 0.3) is 11.1 Å². The zero-order valence-electron chi connectivity index (χ0n) is 8.44. The third-order valence-electron chi connectivity index (χ3n) is 2.26. The molecule has 2 nitrogen and oxygen atoms in total. The number of aromatic nitrogens is 1. The van der Waals surface area contributed by atoms with Gasteiger partial charge in [-0.25, -0.2) is 4.98 Å². The molecule has 2 aromatic rings. The quantitative estimate of drug-likeness (QED) is 0.699. The van der Waals surface area contributed by atoms with E-state index in [0.29, 0.717) is 5.69 Å². The summed E-state index contributed by atoms with van der Waals surface area (Å²) >= 11 is 0. The molecule has 0 aliphatic heterocycles. The minimum absolute atomic E-state index is 0.452. The number of hydrogen-bond acceptors (Lipinski definition) is 2. The molecule has 2 rings (SSSR count). The van der Waals surface area contributed by atoms with Crippen molar-refractivity contribution in [3.05, 3.63) is 53.9 Å². The van der Waals surface area contributed by atoms with Crippen LogP contribution in [0.3, 0.4) is 0 Å². The van der Waals surface area contributed by atoms with Crippen LogP contribution in [0.5, 0.6) is 0 Å². The van der Waals surface area contributed by atoms with Crippen molar-refractivity contribution in [2.24, 2.45) is 0 Å². The Bertz CT molecular complexity index is 507. The molecule has 0 saturated heterocycles. The zero-order valence-corrected chi connectivity index (χ0v) is 8.44. The van der Waals surface area contributed by atoms with Gasteiger partial charge in [-0.3, -0.25) is 0 Å². The molecule has 2 heteroatoms. The fraction of sp³-hybridized carbons (Fsp3) is 0.0769. The van der Waals surface area contributed by atoms with Crippen LogP contribution >= 0.6 is 0 Å². The minimum atomic E-state index is 0.452. The predicted molar refractivity (Wildman–Crippen MR) is 59.1 cm³/mol. The van der Waals surface area contributed by atoms with Gasteiger partial charge >= 0.3 is 0 Å². The number of benzene rings is 1. The van der Waals surface area contributed by atoms with Gasteiger partial charge in [0.25, 0.3) is 0 Å². The average molecular weight is 194 g/mol. The van der Waals surface area contributed by atoms with E-state index in [1.807, 2.05) is 24.3 Å². The molecule has 0 spiro atoms. The highest BCUT2D eigenvalue weighted by molar-refractivity contribution is 5.64. The predicted octanol–water partition coefficient (Wildman–Crippen LogP) is 2.93. The molecule has 0 aliphatic rings. The van der Waals surface area contributed by atoms with E-state index in [9.17, 15) is 0 Å². The van der Waals surface area contributed by atoms with Gasteiger partial charge in [0.1, 0.15) is 11.8 Å². The van der Waals surface area contributed by atoms with Gasteiger partial charge in [-0.1, -0.05) is 29.8 Å². The maximum Gasteiger partial charge on any atom is 0.141 e. The van der Waals surface area contributed by atoms with Gasteiger partial charge in [-0.05, 0) is 30.2 Å². The summed E-state index contributed by atoms with van der Waals surface area (Å²) in [6, 6.07) is 14.0. The summed E-state index contributed by atoms with van der Waals surface area (Å²) < 4.78 is 0. The third kappa shape index (κ3) is 2.03. The Morgan fingerprint density at radius 1 is 1.07 bits per heavy atom. The molecule has 0 N–H and O–H groups in total. The van der Waals surface area contributed by atoms with Crippen LogP contribution in [-0.2, 0) is 0 Å². The largest absolute Gasteiger partial charge is 0.246 e. The molecule has 0 unspecified atom stereocenters. The summed E-state index contributed by atoms with van der Waals surface area (Å²) in [4.78, 5) is 3.94. The third-order valence-corrected chi connectivity index (χ3v) is 2.26. The van der Waals surface area contributed by atoms with Crippen molar-refractivity contribution < 1.29 is 0 Å². The molecule has 15 heavy (non-hydrogen) atoms. The molecule has 1 heterocycles. The lowest BCUT2D eigenvalue weighted by atomic mass is 10.0. The highest BCUT2D eigenvalue weighted by Gasteiger charge is 1.98. The molecule has 0 amide bonds. The molecular weight excluding hydrogens is 184 g/mol. The van der Waals surface area contributed by atoms with E-state index >= 15 is 0 Å². The molecule has 1 aromatic carbocycles. The Hall–Kier alpha value is -2.14. The fourth-order valence-electron chi connectivity index (χ4n) is 1.42. The van der Waals surface area contributed by atoms with Crippen LogP contribution in [0.2, 0.25) is 0 Å². The van der Waals surface area contributed by atoms with Crippen LogP contribution in [0.15, 0.2) is 42.6 Å². The number of aryl methyl sites for hydroxylation is 1. The SMILES string of the molecule is Cc1ccc(-c2ccnc(C#N)c2)cc1. The summed E-state index contributed by atoms with van der Waals surface area (Å²) in [7, 11) is 0. The second-order valence-corrected chi connectivity index (χ2v) is 3.41. The maximum absolute atomic E-state index is 8.74. The van der Waals surface area contributed by atoms with Gasteiger partial charge in [0.05, 0.1) is 0 Å². The monoisotopic (exact) mass is 194 g/mol. The van der Waals surface area contributed by atoms with E-state index in [2.05, 4.69) is 24.0 Å². The van der Waals surface area contributed by atoms with Crippen molar-refractivity contribution >= 4 is 0 Å². The van der Waals surface area contributed by atoms with Crippen molar-refractivity contribution in [1.29, 1.82) is 5.26 Å². The lowest BCUT2D eigenvalue weighted by molar-refractivity contribution is 1.26. The van der Waals surface area contributed by atoms with E-state index in [1.165, 1.54) is 5.56 Å². The lowest BCUT2D eigenvalue weighted by Crippen LogP contribution is -1.84. The molecule has 0 saturated carbocycles. The Balaban J connectivity index is 2.46. The Kier molecular flexibility index (Phi) is 2.47. The first-order valence-electron chi connectivity index (χ1n) is 4.73. The molecule has 1 aromatic heterocycles. The first kappa shape index (κ1) is 9.42. The lowest BCUT2D eigenvalue weighted by Gasteiger charge is -2.01. The molecular formula is C13H10N2. The van der Waals surface area contributed by atoms with Crippen molar-refractivity contribution in [3.8, 4) is 17.2 Å². The number of hydrogen-bond donors (Lipinski definition) is 0. The van der Waals surface area contributed by atoms with E-state index in [1.54, 1.807) is 12.3 Å². The van der Waals surface area contributed by atoms with E-state index in [0.717, 1.165) is 11.1 Å². The standard InChI is InChI=1S/C13H10N2/c1-10-2-4-11(5-3-10)12-6-7-15-13(8-12)9-14/h2-8H,1H3. The maximum atomic E-state index is 8.74. The van der Waals surface area contributed by atoms with Crippen molar-refractivity contribution in [2.45, 2.75) is 6.92 Å². The summed E-state index contributed by atoms with van der Waals surface area (Å²) in [5.41, 5.74) is 3.82. The van der Waals surface area contributed by atoms with Crippen LogP contribution in [-0.4, -0.2) is 4.98 Å². The molecule has 0 atom stereocenters. The summed E-state index contributed by atoms with van der Waals surface area (Å²) in [6.07, 6.45) is 1.66. The Morgan fingerprint density at radius 2 is 1.80 bits per heavy atom. The van der Waals surface area contributed by atoms with Gasteiger partial charge in [0.15, 0.2) is 0 Å². The van der Waals surface area contributed by atoms with Crippen molar-refractivity contribution in [1.82, 2.24) is 4.98 Å². The summed E-state index contributed by atoms with van der Waals surface area (Å²) in [5, 5.41) is 8.74. The molecule has 0 fully saturated rings. The van der Waals surface area contributed by atoms with Gasteiger partial charge in [-0.2, -0.15) is 5.26 Å². The van der Waals surface area contributed by atoms with E-state index in [4.69, 9.17) is 5.26 Å². The molecule has 72 valence electrons. The second kappa shape index (κ2) is 3.93. The van der Waals surface area contributed by atoms with Gasteiger partial charge in [0, 0.05) is 6.20 Å². The highest BCUT2D eigenvalue weighted by atomic mass is 14.7. The van der Waals surface area contributed by atoms with Crippen molar-refractivity contribution in [2.75, 3.05) is 0 Å². The Morgan fingerprint density at radius 3 is 2.47 bits per heavy atom. The van der Waals surface area contributed by atoms with Gasteiger partial charge < -0.3 is 0 Å². The zero-order chi connectivity index (χ0) is 10.7. The number of nitriles is 1. The van der Waals surface area contributed by atoms with Crippen LogP contribution in [0.1, 0.15) is 11.3 Å². The topological polar surface area (TPSA) is 36.7 Å². The van der Waals surface area contributed by atoms with E-state index < -0.39 is 0 Å². The number of rotatable bonds is 1. The van der Waals surface area contributed by atoms with Crippen LogP contribution < -0.4 is 0 Å². The van der Waals surface area contributed by atoms with Crippen LogP contribution in [0.4, 0.5) is 0 Å². The molecule has 0 radical (unpaired) electrons. The average Bonchev–Trinajstić information content (AvgIpc) is 2.30. The molecule has 0 bridgehead atoms. The molecule has 0 aliphatic carbocycles. The summed E-state index contributed by atoms with van der Waals surface area (Å²) in [6.45, 7) is 2.05. The first-order valence-corrected chi connectivity index (χ1v) is 4.73.